The molecular weight excluding hydrogens is 524 g/mol. The predicted octanol–water partition coefficient (Wildman–Crippen LogP) is 3.58. The van der Waals surface area contributed by atoms with Crippen LogP contribution in [0.5, 0.6) is 11.5 Å². The molecular formula is C27H31F2N7O4. The van der Waals surface area contributed by atoms with Crippen LogP contribution in [0.4, 0.5) is 26.0 Å². The van der Waals surface area contributed by atoms with Crippen molar-refractivity contribution < 1.29 is 28.2 Å². The Bertz CT molecular complexity index is 1440. The highest BCUT2D eigenvalue weighted by atomic mass is 19.2. The van der Waals surface area contributed by atoms with Crippen LogP contribution in [0, 0.1) is 11.6 Å². The smallest absolute Gasteiger partial charge is 0.246 e. The number of halogens is 2. The Hall–Kier alpha value is -4.36. The van der Waals surface area contributed by atoms with E-state index in [1.54, 1.807) is 25.4 Å². The number of ether oxygens (including phenoxy) is 2. The fourth-order valence-electron chi connectivity index (χ4n) is 4.10. The van der Waals surface area contributed by atoms with Gasteiger partial charge in [0.25, 0.3) is 0 Å². The fraction of sp³-hybridized carbons (Fsp3) is 0.333. The lowest BCUT2D eigenvalue weighted by Crippen LogP contribution is -2.31. The molecule has 0 aliphatic carbocycles. The van der Waals surface area contributed by atoms with Crippen LogP contribution >= 0.6 is 0 Å². The number of rotatable bonds is 14. The molecule has 11 nitrogen and oxygen atoms in total. The SMILES string of the molecule is CCCN(CCO)CCOc1cc2ncnc(Nc3cnn(CC(=O)Nc4cccc(F)c4F)c3)c2cc1OC. The highest BCUT2D eigenvalue weighted by Crippen LogP contribution is 2.34. The van der Waals surface area contributed by atoms with Crippen molar-refractivity contribution in [2.45, 2.75) is 19.9 Å². The van der Waals surface area contributed by atoms with Crippen molar-refractivity contribution in [1.29, 1.82) is 0 Å². The number of fused-ring (bicyclic) bond motifs is 1. The largest absolute Gasteiger partial charge is 0.493 e. The maximum Gasteiger partial charge on any atom is 0.246 e. The van der Waals surface area contributed by atoms with Gasteiger partial charge < -0.3 is 25.2 Å². The van der Waals surface area contributed by atoms with E-state index in [-0.39, 0.29) is 18.8 Å². The summed E-state index contributed by atoms with van der Waals surface area (Å²) in [6, 6.07) is 7.10. The van der Waals surface area contributed by atoms with E-state index < -0.39 is 17.5 Å². The summed E-state index contributed by atoms with van der Waals surface area (Å²) in [5.74, 6) is -1.22. The van der Waals surface area contributed by atoms with Gasteiger partial charge in [-0.1, -0.05) is 13.0 Å². The quantitative estimate of drug-likeness (QED) is 0.214. The number of amides is 1. The Balaban J connectivity index is 1.44. The molecule has 4 aromatic rings. The molecule has 1 amide bonds. The van der Waals surface area contributed by atoms with E-state index in [0.29, 0.717) is 53.6 Å². The molecule has 0 atom stereocenters. The zero-order valence-electron chi connectivity index (χ0n) is 22.2. The Morgan fingerprint density at radius 1 is 1.15 bits per heavy atom. The number of benzene rings is 2. The molecule has 0 saturated carbocycles. The number of anilines is 3. The molecule has 0 spiro atoms. The van der Waals surface area contributed by atoms with Crippen LogP contribution < -0.4 is 20.1 Å². The van der Waals surface area contributed by atoms with E-state index in [1.807, 2.05) is 0 Å². The van der Waals surface area contributed by atoms with E-state index >= 15 is 0 Å². The second-order valence-corrected chi connectivity index (χ2v) is 8.86. The third-order valence-electron chi connectivity index (χ3n) is 5.97. The normalized spacial score (nSPS) is 11.2. The first-order chi connectivity index (χ1) is 19.4. The third-order valence-corrected chi connectivity index (χ3v) is 5.97. The van der Waals surface area contributed by atoms with Gasteiger partial charge in [0.15, 0.2) is 23.1 Å². The molecule has 0 aliphatic rings. The minimum atomic E-state index is -1.13. The van der Waals surface area contributed by atoms with Crippen molar-refractivity contribution >= 4 is 34.0 Å². The molecule has 2 aromatic carbocycles. The van der Waals surface area contributed by atoms with Gasteiger partial charge in [-0.05, 0) is 31.2 Å². The molecule has 4 rings (SSSR count). The van der Waals surface area contributed by atoms with Crippen molar-refractivity contribution in [1.82, 2.24) is 24.6 Å². The Morgan fingerprint density at radius 3 is 2.77 bits per heavy atom. The highest BCUT2D eigenvalue weighted by molar-refractivity contribution is 5.93. The minimum absolute atomic E-state index is 0.0903. The van der Waals surface area contributed by atoms with Crippen LogP contribution in [0.1, 0.15) is 13.3 Å². The summed E-state index contributed by atoms with van der Waals surface area (Å²) < 4.78 is 40.1. The van der Waals surface area contributed by atoms with E-state index in [9.17, 15) is 18.7 Å². The lowest BCUT2D eigenvalue weighted by molar-refractivity contribution is -0.116. The van der Waals surface area contributed by atoms with Gasteiger partial charge in [-0.15, -0.1) is 0 Å². The molecule has 0 bridgehead atoms. The first kappa shape index (κ1) is 28.6. The van der Waals surface area contributed by atoms with Gasteiger partial charge in [-0.3, -0.25) is 14.4 Å². The van der Waals surface area contributed by atoms with Crippen molar-refractivity contribution in [3.63, 3.8) is 0 Å². The summed E-state index contributed by atoms with van der Waals surface area (Å²) >= 11 is 0. The van der Waals surface area contributed by atoms with E-state index in [0.717, 1.165) is 19.0 Å². The Morgan fingerprint density at radius 2 is 2.00 bits per heavy atom. The Labute approximate surface area is 229 Å². The molecule has 0 unspecified atom stereocenters. The van der Waals surface area contributed by atoms with E-state index in [4.69, 9.17) is 9.47 Å². The van der Waals surface area contributed by atoms with Crippen molar-refractivity contribution in [3.8, 4) is 11.5 Å². The molecule has 3 N–H and O–H groups in total. The van der Waals surface area contributed by atoms with Crippen LogP contribution in [0.3, 0.4) is 0 Å². The third kappa shape index (κ3) is 7.18. The van der Waals surface area contributed by atoms with Gasteiger partial charge in [0.05, 0.1) is 36.8 Å². The van der Waals surface area contributed by atoms with Crippen LogP contribution in [-0.2, 0) is 11.3 Å². The lowest BCUT2D eigenvalue weighted by atomic mass is 10.2. The maximum atomic E-state index is 13.8. The van der Waals surface area contributed by atoms with Gasteiger partial charge in [0, 0.05) is 30.7 Å². The number of hydrogen-bond donors (Lipinski definition) is 3. The van der Waals surface area contributed by atoms with Gasteiger partial charge in [0.2, 0.25) is 5.91 Å². The van der Waals surface area contributed by atoms with Gasteiger partial charge in [-0.2, -0.15) is 5.10 Å². The highest BCUT2D eigenvalue weighted by Gasteiger charge is 2.15. The first-order valence-electron chi connectivity index (χ1n) is 12.7. The molecule has 0 aliphatic heterocycles. The number of aromatic nitrogens is 4. The summed E-state index contributed by atoms with van der Waals surface area (Å²) in [4.78, 5) is 23.1. The molecule has 0 fully saturated rings. The van der Waals surface area contributed by atoms with Crippen LogP contribution in [-0.4, -0.2) is 75.6 Å². The zero-order chi connectivity index (χ0) is 28.5. The number of aliphatic hydroxyl groups is 1. The summed E-state index contributed by atoms with van der Waals surface area (Å²) in [6.45, 7) is 4.48. The predicted molar refractivity (Wildman–Crippen MR) is 146 cm³/mol. The molecule has 2 aromatic heterocycles. The Kier molecular flexibility index (Phi) is 9.76. The molecule has 13 heteroatoms. The summed E-state index contributed by atoms with van der Waals surface area (Å²) in [7, 11) is 1.55. The number of methoxy groups -OCH3 is 1. The topological polar surface area (TPSA) is 127 Å². The van der Waals surface area contributed by atoms with E-state index in [1.165, 1.54) is 29.3 Å². The minimum Gasteiger partial charge on any atom is -0.493 e. The summed E-state index contributed by atoms with van der Waals surface area (Å²) in [5.41, 5.74) is 0.922. The molecule has 0 saturated heterocycles. The summed E-state index contributed by atoms with van der Waals surface area (Å²) in [6.07, 6.45) is 5.48. The van der Waals surface area contributed by atoms with Crippen LogP contribution in [0.15, 0.2) is 49.1 Å². The number of aliphatic hydroxyl groups excluding tert-OH is 1. The van der Waals surface area contributed by atoms with Crippen molar-refractivity contribution in [2.75, 3.05) is 50.6 Å². The number of nitrogens with zero attached hydrogens (tertiary/aromatic N) is 5. The van der Waals surface area contributed by atoms with Crippen LogP contribution in [0.2, 0.25) is 0 Å². The van der Waals surface area contributed by atoms with Gasteiger partial charge >= 0.3 is 0 Å². The average Bonchev–Trinajstić information content (AvgIpc) is 3.37. The van der Waals surface area contributed by atoms with E-state index in [2.05, 4.69) is 37.5 Å². The van der Waals surface area contributed by atoms with Gasteiger partial charge in [-0.25, -0.2) is 18.7 Å². The number of nitrogens with one attached hydrogen (secondary N) is 2. The number of hydrogen-bond acceptors (Lipinski definition) is 9. The van der Waals surface area contributed by atoms with Crippen molar-refractivity contribution in [3.05, 3.63) is 60.7 Å². The summed E-state index contributed by atoms with van der Waals surface area (Å²) in [5, 5.41) is 19.6. The average molecular weight is 556 g/mol. The molecule has 0 radical (unpaired) electrons. The molecule has 40 heavy (non-hydrogen) atoms. The number of carbonyl (C=O) groups excluding carboxylic acids is 1. The first-order valence-corrected chi connectivity index (χ1v) is 12.7. The van der Waals surface area contributed by atoms with Crippen molar-refractivity contribution in [2.24, 2.45) is 0 Å². The lowest BCUT2D eigenvalue weighted by Gasteiger charge is -2.21. The maximum absolute atomic E-state index is 13.8. The monoisotopic (exact) mass is 555 g/mol. The standard InChI is InChI=1S/C27H31F2N7O4/c1-3-7-35(8-10-37)9-11-40-24-13-22-19(12-23(24)39-2)27(31-17-30-22)33-18-14-32-36(15-18)16-25(38)34-21-6-4-5-20(28)26(21)29/h4-6,12-15,17,37H,3,7-11,16H2,1-2H3,(H,34,38)(H,30,31,33). The number of carbonyl (C=O) groups is 1. The second kappa shape index (κ2) is 13.6. The fourth-order valence-corrected chi connectivity index (χ4v) is 4.10. The van der Waals surface area contributed by atoms with Gasteiger partial charge in [0.1, 0.15) is 25.3 Å². The zero-order valence-corrected chi connectivity index (χ0v) is 22.2. The van der Waals surface area contributed by atoms with Crippen LogP contribution in [0.25, 0.3) is 10.9 Å². The second-order valence-electron chi connectivity index (χ2n) is 8.86. The molecule has 212 valence electrons. The molecule has 2 heterocycles.